The van der Waals surface area contributed by atoms with Gasteiger partial charge >= 0.3 is 5.97 Å². The van der Waals surface area contributed by atoms with Crippen LogP contribution in [0.15, 0.2) is 30.3 Å². The SMILES string of the molecule is CCOC(=O)c1c(C=CC(=O)N2CCN(c3ccccc3OC)CC2)c(C)n(CC)c1C. The molecule has 1 aliphatic heterocycles. The van der Waals surface area contributed by atoms with Gasteiger partial charge in [-0.2, -0.15) is 0 Å². The molecule has 7 heteroatoms. The first-order chi connectivity index (χ1) is 15.4. The normalized spacial score (nSPS) is 14.2. The van der Waals surface area contributed by atoms with Crippen LogP contribution in [-0.4, -0.2) is 61.2 Å². The highest BCUT2D eigenvalue weighted by Crippen LogP contribution is 2.29. The average molecular weight is 440 g/mol. The number of carbonyl (C=O) groups is 2. The van der Waals surface area contributed by atoms with Crippen LogP contribution in [0, 0.1) is 13.8 Å². The van der Waals surface area contributed by atoms with Gasteiger partial charge in [-0.15, -0.1) is 0 Å². The molecule has 1 aromatic heterocycles. The molecule has 0 atom stereocenters. The Bertz CT molecular complexity index is 1000. The van der Waals surface area contributed by atoms with Crippen LogP contribution in [-0.2, 0) is 16.1 Å². The maximum atomic E-state index is 12.9. The van der Waals surface area contributed by atoms with Crippen molar-refractivity contribution in [3.8, 4) is 5.75 Å². The van der Waals surface area contributed by atoms with E-state index < -0.39 is 0 Å². The monoisotopic (exact) mass is 439 g/mol. The Morgan fingerprint density at radius 2 is 1.72 bits per heavy atom. The van der Waals surface area contributed by atoms with Gasteiger partial charge in [0, 0.05) is 55.8 Å². The third-order valence-corrected chi connectivity index (χ3v) is 6.04. The number of hydrogen-bond donors (Lipinski definition) is 0. The van der Waals surface area contributed by atoms with Crippen LogP contribution in [0.1, 0.15) is 41.2 Å². The molecule has 1 amide bonds. The molecular weight excluding hydrogens is 406 g/mol. The van der Waals surface area contributed by atoms with E-state index in [4.69, 9.17) is 9.47 Å². The molecule has 0 bridgehead atoms. The second-order valence-corrected chi connectivity index (χ2v) is 7.74. The van der Waals surface area contributed by atoms with Crippen LogP contribution in [0.4, 0.5) is 5.69 Å². The topological polar surface area (TPSA) is 64.0 Å². The van der Waals surface area contributed by atoms with E-state index in [0.717, 1.165) is 48.0 Å². The zero-order valence-electron chi connectivity index (χ0n) is 19.7. The minimum Gasteiger partial charge on any atom is -0.495 e. The van der Waals surface area contributed by atoms with E-state index >= 15 is 0 Å². The average Bonchev–Trinajstić information content (AvgIpc) is 3.06. The summed E-state index contributed by atoms with van der Waals surface area (Å²) in [5.74, 6) is 0.434. The minimum absolute atomic E-state index is 0.0548. The number of methoxy groups -OCH3 is 1. The highest BCUT2D eigenvalue weighted by atomic mass is 16.5. The predicted molar refractivity (Wildman–Crippen MR) is 126 cm³/mol. The molecule has 0 saturated carbocycles. The van der Waals surface area contributed by atoms with Gasteiger partial charge in [-0.05, 0) is 45.9 Å². The molecular formula is C25H33N3O4. The molecule has 7 nitrogen and oxygen atoms in total. The first kappa shape index (κ1) is 23.4. The Hall–Kier alpha value is -3.22. The number of rotatable bonds is 7. The smallest absolute Gasteiger partial charge is 0.340 e. The number of esters is 1. The maximum Gasteiger partial charge on any atom is 0.340 e. The van der Waals surface area contributed by atoms with Crippen LogP contribution < -0.4 is 9.64 Å². The van der Waals surface area contributed by atoms with Gasteiger partial charge in [0.2, 0.25) is 5.91 Å². The summed E-state index contributed by atoms with van der Waals surface area (Å²) in [6, 6.07) is 7.93. The van der Waals surface area contributed by atoms with Crippen LogP contribution >= 0.6 is 0 Å². The van der Waals surface area contributed by atoms with Crippen molar-refractivity contribution in [3.63, 3.8) is 0 Å². The van der Waals surface area contributed by atoms with Gasteiger partial charge in [0.25, 0.3) is 0 Å². The lowest BCUT2D eigenvalue weighted by molar-refractivity contribution is -0.126. The van der Waals surface area contributed by atoms with E-state index in [2.05, 4.69) is 9.47 Å². The first-order valence-electron chi connectivity index (χ1n) is 11.1. The van der Waals surface area contributed by atoms with Crippen LogP contribution in [0.3, 0.4) is 0 Å². The summed E-state index contributed by atoms with van der Waals surface area (Å²) in [7, 11) is 1.67. The Kier molecular flexibility index (Phi) is 7.62. The molecule has 0 N–H and O–H groups in total. The number of aromatic nitrogens is 1. The lowest BCUT2D eigenvalue weighted by Gasteiger charge is -2.36. The van der Waals surface area contributed by atoms with Gasteiger partial charge in [0.1, 0.15) is 5.75 Å². The van der Waals surface area contributed by atoms with E-state index in [1.165, 1.54) is 0 Å². The lowest BCUT2D eigenvalue weighted by Crippen LogP contribution is -2.48. The van der Waals surface area contributed by atoms with Crippen molar-refractivity contribution in [2.24, 2.45) is 0 Å². The van der Waals surface area contributed by atoms with Gasteiger partial charge in [-0.25, -0.2) is 4.79 Å². The molecule has 32 heavy (non-hydrogen) atoms. The summed E-state index contributed by atoms with van der Waals surface area (Å²) in [6.07, 6.45) is 3.33. The Labute approximate surface area is 190 Å². The number of amides is 1. The zero-order chi connectivity index (χ0) is 23.3. The van der Waals surface area contributed by atoms with Gasteiger partial charge < -0.3 is 23.8 Å². The molecule has 172 valence electrons. The largest absolute Gasteiger partial charge is 0.495 e. The quantitative estimate of drug-likeness (QED) is 0.487. The molecule has 2 aromatic rings. The number of piperazine rings is 1. The Morgan fingerprint density at radius 1 is 1.03 bits per heavy atom. The van der Waals surface area contributed by atoms with Crippen molar-refractivity contribution in [3.05, 3.63) is 52.9 Å². The van der Waals surface area contributed by atoms with E-state index in [9.17, 15) is 9.59 Å². The molecule has 0 spiro atoms. The number of benzene rings is 1. The van der Waals surface area contributed by atoms with Crippen molar-refractivity contribution in [2.75, 3.05) is 44.8 Å². The molecule has 3 rings (SSSR count). The number of anilines is 1. The third-order valence-electron chi connectivity index (χ3n) is 6.04. The number of ether oxygens (including phenoxy) is 2. The van der Waals surface area contributed by atoms with Gasteiger partial charge in [0.15, 0.2) is 0 Å². The molecule has 1 fully saturated rings. The van der Waals surface area contributed by atoms with Crippen molar-refractivity contribution in [1.29, 1.82) is 0 Å². The molecule has 0 unspecified atom stereocenters. The van der Waals surface area contributed by atoms with Crippen LogP contribution in [0.5, 0.6) is 5.75 Å². The highest BCUT2D eigenvalue weighted by molar-refractivity contribution is 5.99. The Balaban J connectivity index is 1.73. The second-order valence-electron chi connectivity index (χ2n) is 7.74. The summed E-state index contributed by atoms with van der Waals surface area (Å²) < 4.78 is 12.8. The van der Waals surface area contributed by atoms with E-state index in [0.29, 0.717) is 25.3 Å². The molecule has 2 heterocycles. The fourth-order valence-corrected chi connectivity index (χ4v) is 4.37. The first-order valence-corrected chi connectivity index (χ1v) is 11.1. The van der Waals surface area contributed by atoms with Gasteiger partial charge in [-0.3, -0.25) is 4.79 Å². The summed E-state index contributed by atoms with van der Waals surface area (Å²) in [5.41, 5.74) is 4.16. The molecule has 1 saturated heterocycles. The van der Waals surface area contributed by atoms with Gasteiger partial charge in [-0.1, -0.05) is 12.1 Å². The number of nitrogens with zero attached hydrogens (tertiary/aromatic N) is 3. The number of para-hydroxylation sites is 2. The fourth-order valence-electron chi connectivity index (χ4n) is 4.37. The van der Waals surface area contributed by atoms with Crippen molar-refractivity contribution >= 4 is 23.6 Å². The van der Waals surface area contributed by atoms with Gasteiger partial charge in [0.05, 0.1) is 25.0 Å². The summed E-state index contributed by atoms with van der Waals surface area (Å²) in [5, 5.41) is 0. The summed E-state index contributed by atoms with van der Waals surface area (Å²) in [4.78, 5) is 29.5. The molecule has 0 aliphatic carbocycles. The van der Waals surface area contributed by atoms with Crippen LogP contribution in [0.25, 0.3) is 6.08 Å². The molecule has 1 aromatic carbocycles. The predicted octanol–water partition coefficient (Wildman–Crippen LogP) is 3.67. The Morgan fingerprint density at radius 3 is 2.34 bits per heavy atom. The molecule has 1 aliphatic rings. The van der Waals surface area contributed by atoms with Crippen molar-refractivity contribution in [2.45, 2.75) is 34.2 Å². The highest BCUT2D eigenvalue weighted by Gasteiger charge is 2.24. The summed E-state index contributed by atoms with van der Waals surface area (Å²) in [6.45, 7) is 11.5. The van der Waals surface area contributed by atoms with E-state index in [-0.39, 0.29) is 11.9 Å². The fraction of sp³-hybridized carbons (Fsp3) is 0.440. The number of carbonyl (C=O) groups excluding carboxylic acids is 2. The van der Waals surface area contributed by atoms with Crippen molar-refractivity contribution in [1.82, 2.24) is 9.47 Å². The molecule has 0 radical (unpaired) electrons. The lowest BCUT2D eigenvalue weighted by atomic mass is 10.1. The van der Waals surface area contributed by atoms with Crippen molar-refractivity contribution < 1.29 is 19.1 Å². The zero-order valence-corrected chi connectivity index (χ0v) is 19.7. The standard InChI is InChI=1S/C25H33N3O4/c1-6-28-18(3)20(24(19(28)4)25(30)32-7-2)12-13-23(29)27-16-14-26(15-17-27)21-10-8-9-11-22(21)31-5/h8-13H,6-7,14-17H2,1-5H3. The summed E-state index contributed by atoms with van der Waals surface area (Å²) >= 11 is 0. The second kappa shape index (κ2) is 10.4. The van der Waals surface area contributed by atoms with Crippen LogP contribution in [0.2, 0.25) is 0 Å². The third kappa shape index (κ3) is 4.66. The minimum atomic E-state index is -0.349. The number of hydrogen-bond acceptors (Lipinski definition) is 5. The van der Waals surface area contributed by atoms with E-state index in [1.807, 2.05) is 49.9 Å². The van der Waals surface area contributed by atoms with E-state index in [1.54, 1.807) is 26.2 Å². The maximum absolute atomic E-state index is 12.9.